The van der Waals surface area contributed by atoms with E-state index >= 15 is 0 Å². The fourth-order valence-corrected chi connectivity index (χ4v) is 2.99. The van der Waals surface area contributed by atoms with Gasteiger partial charge in [0.05, 0.1) is 23.7 Å². The lowest BCUT2D eigenvalue weighted by Gasteiger charge is -2.25. The molecular formula is C17H17BrN2O2. The number of benzene rings is 1. The number of pyridine rings is 1. The molecule has 3 rings (SSSR count). The summed E-state index contributed by atoms with van der Waals surface area (Å²) in [5, 5.41) is 0. The van der Waals surface area contributed by atoms with E-state index in [2.05, 4.69) is 20.9 Å². The molecule has 0 fully saturated rings. The second-order valence-electron chi connectivity index (χ2n) is 5.25. The Morgan fingerprint density at radius 3 is 2.82 bits per heavy atom. The summed E-state index contributed by atoms with van der Waals surface area (Å²) in [7, 11) is 0. The summed E-state index contributed by atoms with van der Waals surface area (Å²) in [6, 6.07) is 13.6. The third-order valence-corrected chi connectivity index (χ3v) is 4.53. The molecule has 0 saturated carbocycles. The molecule has 0 spiro atoms. The fourth-order valence-electron chi connectivity index (χ4n) is 2.48. The first-order valence-electron chi connectivity index (χ1n) is 7.25. The van der Waals surface area contributed by atoms with E-state index < -0.39 is 0 Å². The highest BCUT2D eigenvalue weighted by molar-refractivity contribution is 9.09. The van der Waals surface area contributed by atoms with Crippen LogP contribution >= 0.6 is 15.9 Å². The number of ether oxygens (including phenoxy) is 1. The van der Waals surface area contributed by atoms with E-state index in [9.17, 15) is 4.79 Å². The maximum atomic E-state index is 12.0. The molecule has 1 aliphatic rings. The van der Waals surface area contributed by atoms with Crippen molar-refractivity contribution in [2.75, 3.05) is 11.5 Å². The van der Waals surface area contributed by atoms with Crippen molar-refractivity contribution in [1.82, 2.24) is 4.98 Å². The Bertz CT molecular complexity index is 676. The van der Waals surface area contributed by atoms with Gasteiger partial charge in [-0.25, -0.2) is 4.98 Å². The zero-order valence-electron chi connectivity index (χ0n) is 12.3. The minimum atomic E-state index is -0.0286. The first kappa shape index (κ1) is 15.0. The molecule has 1 atom stereocenters. The van der Waals surface area contributed by atoms with Crippen molar-refractivity contribution in [3.63, 3.8) is 0 Å². The van der Waals surface area contributed by atoms with Gasteiger partial charge in [0.25, 0.3) is 0 Å². The molecule has 1 amide bonds. The molecule has 2 aromatic rings. The molecule has 0 radical (unpaired) electrons. The third kappa shape index (κ3) is 3.14. The number of alkyl halides is 1. The summed E-state index contributed by atoms with van der Waals surface area (Å²) in [6.07, 6.45) is 0.877. The van der Waals surface area contributed by atoms with Gasteiger partial charge in [-0.1, -0.05) is 46.3 Å². The monoisotopic (exact) mass is 360 g/mol. The summed E-state index contributed by atoms with van der Waals surface area (Å²) in [4.78, 5) is 18.5. The van der Waals surface area contributed by atoms with Crippen molar-refractivity contribution in [2.45, 2.75) is 24.7 Å². The lowest BCUT2D eigenvalue weighted by Crippen LogP contribution is -2.29. The number of aromatic nitrogens is 1. The van der Waals surface area contributed by atoms with E-state index in [0.717, 1.165) is 23.4 Å². The molecule has 114 valence electrons. The predicted octanol–water partition coefficient (Wildman–Crippen LogP) is 3.85. The minimum absolute atomic E-state index is 0.0286. The maximum absolute atomic E-state index is 12.0. The number of amides is 1. The van der Waals surface area contributed by atoms with Gasteiger partial charge in [0.1, 0.15) is 11.6 Å². The van der Waals surface area contributed by atoms with Crippen LogP contribution in [0.15, 0.2) is 42.5 Å². The molecule has 1 unspecified atom stereocenters. The lowest BCUT2D eigenvalue weighted by atomic mass is 10.1. The Morgan fingerprint density at radius 2 is 2.09 bits per heavy atom. The van der Waals surface area contributed by atoms with Crippen LogP contribution in [0.5, 0.6) is 5.75 Å². The number of hydrogen-bond acceptors (Lipinski definition) is 3. The predicted molar refractivity (Wildman–Crippen MR) is 89.3 cm³/mol. The Kier molecular flexibility index (Phi) is 4.43. The number of hydrogen-bond donors (Lipinski definition) is 0. The number of carbonyl (C=O) groups excluding carboxylic acids is 1. The standard InChI is InChI=1S/C17H17BrN2O2/c1-12(21)20(11-13-5-3-2-4-6-13)16-8-7-15-17(19-16)14(18)9-10-22-15/h2-8,14H,9-11H2,1H3. The average molecular weight is 361 g/mol. The Morgan fingerprint density at radius 1 is 1.32 bits per heavy atom. The van der Waals surface area contributed by atoms with E-state index in [4.69, 9.17) is 4.74 Å². The average Bonchev–Trinajstić information content (AvgIpc) is 2.53. The first-order chi connectivity index (χ1) is 10.6. The number of anilines is 1. The highest BCUT2D eigenvalue weighted by Gasteiger charge is 2.23. The fraction of sp³-hybridized carbons (Fsp3) is 0.294. The van der Waals surface area contributed by atoms with Crippen LogP contribution < -0.4 is 9.64 Å². The van der Waals surface area contributed by atoms with Gasteiger partial charge in [-0.15, -0.1) is 0 Å². The molecule has 0 saturated heterocycles. The third-order valence-electron chi connectivity index (χ3n) is 3.64. The maximum Gasteiger partial charge on any atom is 0.225 e. The van der Waals surface area contributed by atoms with Crippen molar-refractivity contribution >= 4 is 27.7 Å². The zero-order chi connectivity index (χ0) is 15.5. The molecule has 1 aliphatic heterocycles. The highest BCUT2D eigenvalue weighted by atomic mass is 79.9. The summed E-state index contributed by atoms with van der Waals surface area (Å²) in [6.45, 7) is 2.76. The van der Waals surface area contributed by atoms with Gasteiger partial charge in [0, 0.05) is 6.92 Å². The number of rotatable bonds is 3. The quantitative estimate of drug-likeness (QED) is 0.780. The Labute approximate surface area is 138 Å². The molecule has 4 nitrogen and oxygen atoms in total. The van der Waals surface area contributed by atoms with Crippen LogP contribution in [0.25, 0.3) is 0 Å². The van der Waals surface area contributed by atoms with Gasteiger partial charge in [-0.3, -0.25) is 9.69 Å². The van der Waals surface area contributed by atoms with Crippen LogP contribution in [0, 0.1) is 0 Å². The molecule has 0 bridgehead atoms. The number of carbonyl (C=O) groups is 1. The topological polar surface area (TPSA) is 42.4 Å². The number of halogens is 1. The largest absolute Gasteiger partial charge is 0.492 e. The lowest BCUT2D eigenvalue weighted by molar-refractivity contribution is -0.116. The van der Waals surface area contributed by atoms with Crippen LogP contribution in [-0.4, -0.2) is 17.5 Å². The second-order valence-corrected chi connectivity index (χ2v) is 6.35. The van der Waals surface area contributed by atoms with Gasteiger partial charge in [0.15, 0.2) is 0 Å². The Hall–Kier alpha value is -1.88. The second kappa shape index (κ2) is 6.48. The SMILES string of the molecule is CC(=O)N(Cc1ccccc1)c1ccc2c(n1)C(Br)CCO2. The van der Waals surface area contributed by atoms with Gasteiger partial charge >= 0.3 is 0 Å². The smallest absolute Gasteiger partial charge is 0.225 e. The van der Waals surface area contributed by atoms with Crippen LogP contribution in [-0.2, 0) is 11.3 Å². The van der Waals surface area contributed by atoms with E-state index in [-0.39, 0.29) is 10.7 Å². The number of fused-ring (bicyclic) bond motifs is 1. The van der Waals surface area contributed by atoms with Crippen LogP contribution in [0.3, 0.4) is 0 Å². The minimum Gasteiger partial charge on any atom is -0.492 e. The first-order valence-corrected chi connectivity index (χ1v) is 8.16. The zero-order valence-corrected chi connectivity index (χ0v) is 13.9. The molecule has 22 heavy (non-hydrogen) atoms. The van der Waals surface area contributed by atoms with Crippen molar-refractivity contribution < 1.29 is 9.53 Å². The van der Waals surface area contributed by atoms with Crippen molar-refractivity contribution in [3.8, 4) is 5.75 Å². The number of nitrogens with zero attached hydrogens (tertiary/aromatic N) is 2. The van der Waals surface area contributed by atoms with Gasteiger partial charge in [0.2, 0.25) is 5.91 Å². The molecule has 0 N–H and O–H groups in total. The van der Waals surface area contributed by atoms with Crippen LogP contribution in [0.1, 0.15) is 29.4 Å². The summed E-state index contributed by atoms with van der Waals surface area (Å²) in [5.74, 6) is 1.42. The highest BCUT2D eigenvalue weighted by Crippen LogP contribution is 2.37. The molecule has 1 aromatic carbocycles. The van der Waals surface area contributed by atoms with Gasteiger partial charge in [-0.2, -0.15) is 0 Å². The molecule has 1 aromatic heterocycles. The van der Waals surface area contributed by atoms with Gasteiger partial charge in [-0.05, 0) is 24.1 Å². The van der Waals surface area contributed by atoms with Crippen LogP contribution in [0.2, 0.25) is 0 Å². The molecule has 2 heterocycles. The van der Waals surface area contributed by atoms with E-state index in [1.807, 2.05) is 42.5 Å². The van der Waals surface area contributed by atoms with E-state index in [0.29, 0.717) is 19.0 Å². The van der Waals surface area contributed by atoms with Crippen molar-refractivity contribution in [1.29, 1.82) is 0 Å². The Balaban J connectivity index is 1.92. The molecule has 0 aliphatic carbocycles. The van der Waals surface area contributed by atoms with E-state index in [1.54, 1.807) is 11.8 Å². The van der Waals surface area contributed by atoms with E-state index in [1.165, 1.54) is 0 Å². The summed E-state index contributed by atoms with van der Waals surface area (Å²) in [5.41, 5.74) is 1.94. The van der Waals surface area contributed by atoms with Gasteiger partial charge < -0.3 is 4.74 Å². The van der Waals surface area contributed by atoms with Crippen molar-refractivity contribution in [2.24, 2.45) is 0 Å². The summed E-state index contributed by atoms with van der Waals surface area (Å²) < 4.78 is 5.61. The molecule has 5 heteroatoms. The molecular weight excluding hydrogens is 344 g/mol. The summed E-state index contributed by atoms with van der Waals surface area (Å²) >= 11 is 3.63. The van der Waals surface area contributed by atoms with Crippen molar-refractivity contribution in [3.05, 3.63) is 53.7 Å². The van der Waals surface area contributed by atoms with Crippen LogP contribution in [0.4, 0.5) is 5.82 Å². The normalized spacial score (nSPS) is 16.5.